The van der Waals surface area contributed by atoms with Gasteiger partial charge in [0.15, 0.2) is 0 Å². The van der Waals surface area contributed by atoms with Crippen LogP contribution in [0.2, 0.25) is 5.28 Å². The Morgan fingerprint density at radius 3 is 2.56 bits per heavy atom. The quantitative estimate of drug-likeness (QED) is 0.839. The van der Waals surface area contributed by atoms with Crippen molar-refractivity contribution in [1.29, 1.82) is 0 Å². The Morgan fingerprint density at radius 2 is 1.94 bits per heavy atom. The van der Waals surface area contributed by atoms with Gasteiger partial charge in [0, 0.05) is 10.9 Å². The third kappa shape index (κ3) is 2.75. The van der Waals surface area contributed by atoms with Crippen molar-refractivity contribution in [3.63, 3.8) is 0 Å². The van der Waals surface area contributed by atoms with Gasteiger partial charge in [-0.15, -0.1) is 10.2 Å². The lowest BCUT2D eigenvalue weighted by molar-refractivity contribution is 0.596. The average molecular weight is 329 g/mol. The summed E-state index contributed by atoms with van der Waals surface area (Å²) in [5.74, 6) is 0.943. The van der Waals surface area contributed by atoms with E-state index >= 15 is 0 Å². The van der Waals surface area contributed by atoms with Crippen molar-refractivity contribution in [2.45, 2.75) is 32.7 Å². The molecule has 3 nitrogen and oxygen atoms in total. The van der Waals surface area contributed by atoms with Gasteiger partial charge in [-0.2, -0.15) is 0 Å². The van der Waals surface area contributed by atoms with E-state index in [0.717, 1.165) is 23.1 Å². The molecule has 0 bridgehead atoms. The van der Waals surface area contributed by atoms with Crippen molar-refractivity contribution in [3.8, 4) is 0 Å². The van der Waals surface area contributed by atoms with Crippen LogP contribution in [0.4, 0.5) is 0 Å². The Morgan fingerprint density at radius 1 is 1.28 bits per heavy atom. The predicted molar refractivity (Wildman–Crippen MR) is 77.0 cm³/mol. The van der Waals surface area contributed by atoms with Gasteiger partial charge in [0.1, 0.15) is 5.82 Å². The Labute approximate surface area is 120 Å². The van der Waals surface area contributed by atoms with Gasteiger partial charge >= 0.3 is 0 Å². The van der Waals surface area contributed by atoms with E-state index in [1.807, 2.05) is 16.7 Å². The van der Waals surface area contributed by atoms with Crippen LogP contribution in [0.1, 0.15) is 37.7 Å². The molecule has 2 rings (SSSR count). The van der Waals surface area contributed by atoms with Crippen LogP contribution in [0, 0.1) is 0 Å². The number of aromatic nitrogens is 3. The third-order valence-corrected chi connectivity index (χ3v) is 3.72. The number of nitrogens with zero attached hydrogens (tertiary/aromatic N) is 3. The molecule has 1 aromatic heterocycles. The van der Waals surface area contributed by atoms with E-state index in [4.69, 9.17) is 11.6 Å². The summed E-state index contributed by atoms with van der Waals surface area (Å²) in [6.45, 7) is 4.23. The van der Waals surface area contributed by atoms with E-state index < -0.39 is 0 Å². The van der Waals surface area contributed by atoms with Crippen molar-refractivity contribution in [2.75, 3.05) is 0 Å². The van der Waals surface area contributed by atoms with Crippen LogP contribution in [-0.2, 0) is 6.42 Å². The number of hydrogen-bond donors (Lipinski definition) is 0. The predicted octanol–water partition coefficient (Wildman–Crippen LogP) is 4.26. The molecule has 0 radical (unpaired) electrons. The van der Waals surface area contributed by atoms with Gasteiger partial charge in [0.2, 0.25) is 5.28 Å². The maximum absolute atomic E-state index is 6.14. The number of aryl methyl sites for hydroxylation is 1. The molecule has 5 heteroatoms. The normalized spacial score (nSPS) is 12.7. The first-order valence-corrected chi connectivity index (χ1v) is 7.15. The minimum absolute atomic E-state index is 0.141. The standard InChI is InChI=1S/C13H15BrClN3/c1-3-4-12-16-17-13(15)18(12)9(2)10-5-7-11(14)8-6-10/h5-9H,3-4H2,1-2H3. The van der Waals surface area contributed by atoms with E-state index in [9.17, 15) is 0 Å². The van der Waals surface area contributed by atoms with Crippen molar-refractivity contribution >= 4 is 27.5 Å². The highest BCUT2D eigenvalue weighted by Gasteiger charge is 2.16. The maximum Gasteiger partial charge on any atom is 0.225 e. The molecule has 0 spiro atoms. The van der Waals surface area contributed by atoms with Crippen molar-refractivity contribution in [1.82, 2.24) is 14.8 Å². The van der Waals surface area contributed by atoms with E-state index in [1.165, 1.54) is 5.56 Å². The molecule has 0 aliphatic carbocycles. The van der Waals surface area contributed by atoms with Crippen LogP contribution in [0.25, 0.3) is 0 Å². The Bertz CT molecular complexity index is 522. The molecule has 1 aromatic carbocycles. The van der Waals surface area contributed by atoms with E-state index in [-0.39, 0.29) is 6.04 Å². The topological polar surface area (TPSA) is 30.7 Å². The summed E-state index contributed by atoms with van der Waals surface area (Å²) in [5.41, 5.74) is 1.19. The second-order valence-electron chi connectivity index (χ2n) is 4.23. The summed E-state index contributed by atoms with van der Waals surface area (Å²) in [7, 11) is 0. The van der Waals surface area contributed by atoms with Crippen LogP contribution in [0.5, 0.6) is 0 Å². The molecular formula is C13H15BrClN3. The summed E-state index contributed by atoms with van der Waals surface area (Å²) in [5, 5.41) is 8.56. The zero-order valence-corrected chi connectivity index (χ0v) is 12.7. The van der Waals surface area contributed by atoms with Gasteiger partial charge in [0.25, 0.3) is 0 Å². The molecular weight excluding hydrogens is 314 g/mol. The molecule has 1 heterocycles. The Kier molecular flexibility index (Phi) is 4.40. The summed E-state index contributed by atoms with van der Waals surface area (Å²) >= 11 is 9.58. The summed E-state index contributed by atoms with van der Waals surface area (Å²) in [6, 6.07) is 8.37. The minimum Gasteiger partial charge on any atom is -0.294 e. The van der Waals surface area contributed by atoms with Crippen molar-refractivity contribution in [2.24, 2.45) is 0 Å². The second-order valence-corrected chi connectivity index (χ2v) is 5.49. The summed E-state index contributed by atoms with van der Waals surface area (Å²) < 4.78 is 3.07. The third-order valence-electron chi connectivity index (χ3n) is 2.94. The fourth-order valence-corrected chi connectivity index (χ4v) is 2.52. The maximum atomic E-state index is 6.14. The Hall–Kier alpha value is -0.870. The van der Waals surface area contributed by atoms with Gasteiger partial charge in [-0.25, -0.2) is 0 Å². The zero-order chi connectivity index (χ0) is 13.1. The monoisotopic (exact) mass is 327 g/mol. The van der Waals surface area contributed by atoms with Crippen LogP contribution in [0.3, 0.4) is 0 Å². The molecule has 96 valence electrons. The van der Waals surface area contributed by atoms with Gasteiger partial charge in [0.05, 0.1) is 6.04 Å². The molecule has 0 aliphatic heterocycles. The molecule has 1 atom stereocenters. The first kappa shape index (κ1) is 13.6. The molecule has 2 aromatic rings. The lowest BCUT2D eigenvalue weighted by Crippen LogP contribution is -2.11. The molecule has 0 saturated carbocycles. The lowest BCUT2D eigenvalue weighted by Gasteiger charge is -2.16. The number of halogens is 2. The zero-order valence-electron chi connectivity index (χ0n) is 10.4. The van der Waals surface area contributed by atoms with Crippen molar-refractivity contribution in [3.05, 3.63) is 45.4 Å². The van der Waals surface area contributed by atoms with Crippen LogP contribution >= 0.6 is 27.5 Å². The van der Waals surface area contributed by atoms with Gasteiger partial charge in [-0.3, -0.25) is 4.57 Å². The molecule has 18 heavy (non-hydrogen) atoms. The number of benzene rings is 1. The fourth-order valence-electron chi connectivity index (χ4n) is 1.97. The van der Waals surface area contributed by atoms with Gasteiger partial charge in [-0.1, -0.05) is 35.0 Å². The van der Waals surface area contributed by atoms with E-state index in [0.29, 0.717) is 5.28 Å². The molecule has 1 unspecified atom stereocenters. The molecule has 0 saturated heterocycles. The molecule has 0 N–H and O–H groups in total. The number of hydrogen-bond acceptors (Lipinski definition) is 2. The van der Waals surface area contributed by atoms with Crippen LogP contribution in [0.15, 0.2) is 28.7 Å². The highest BCUT2D eigenvalue weighted by molar-refractivity contribution is 9.10. The largest absolute Gasteiger partial charge is 0.294 e. The highest BCUT2D eigenvalue weighted by Crippen LogP contribution is 2.25. The first-order chi connectivity index (χ1) is 8.63. The Balaban J connectivity index is 2.35. The highest BCUT2D eigenvalue weighted by atomic mass is 79.9. The minimum atomic E-state index is 0.141. The smallest absolute Gasteiger partial charge is 0.225 e. The van der Waals surface area contributed by atoms with Crippen LogP contribution in [-0.4, -0.2) is 14.8 Å². The SMILES string of the molecule is CCCc1nnc(Cl)n1C(C)c1ccc(Br)cc1. The molecule has 0 aliphatic rings. The lowest BCUT2D eigenvalue weighted by atomic mass is 10.1. The molecule has 0 amide bonds. The van der Waals surface area contributed by atoms with Gasteiger partial charge in [-0.05, 0) is 42.6 Å². The van der Waals surface area contributed by atoms with Crippen LogP contribution < -0.4 is 0 Å². The van der Waals surface area contributed by atoms with Gasteiger partial charge < -0.3 is 0 Å². The summed E-state index contributed by atoms with van der Waals surface area (Å²) in [4.78, 5) is 0. The number of rotatable bonds is 4. The average Bonchev–Trinajstić information content (AvgIpc) is 2.71. The van der Waals surface area contributed by atoms with Crippen molar-refractivity contribution < 1.29 is 0 Å². The second kappa shape index (κ2) is 5.85. The first-order valence-electron chi connectivity index (χ1n) is 5.98. The fraction of sp³-hybridized carbons (Fsp3) is 0.385. The van der Waals surface area contributed by atoms with E-state index in [2.05, 4.69) is 52.1 Å². The molecule has 0 fully saturated rings. The van der Waals surface area contributed by atoms with E-state index in [1.54, 1.807) is 0 Å². The summed E-state index contributed by atoms with van der Waals surface area (Å²) in [6.07, 6.45) is 1.92.